The molecule has 0 aromatic heterocycles. The summed E-state index contributed by atoms with van der Waals surface area (Å²) in [6.07, 6.45) is 0. The standard InChI is InChI=1S/C12H20N4O3S/c13-15-11-3-1-2-4-12(11)20(17,18)14-5-6-16-7-9-19-10-8-16/h1-4,14-15H,5-10,13H2. The van der Waals surface area contributed by atoms with Gasteiger partial charge in [-0.05, 0) is 12.1 Å². The molecule has 4 N–H and O–H groups in total. The fourth-order valence-electron chi connectivity index (χ4n) is 2.06. The van der Waals surface area contributed by atoms with Crippen LogP contribution >= 0.6 is 0 Å². The molecule has 1 heterocycles. The first-order valence-electron chi connectivity index (χ1n) is 6.49. The van der Waals surface area contributed by atoms with Gasteiger partial charge in [-0.15, -0.1) is 0 Å². The molecule has 0 bridgehead atoms. The molecular weight excluding hydrogens is 280 g/mol. The zero-order valence-corrected chi connectivity index (χ0v) is 12.0. The van der Waals surface area contributed by atoms with E-state index in [4.69, 9.17) is 10.6 Å². The summed E-state index contributed by atoms with van der Waals surface area (Å²) in [4.78, 5) is 2.32. The summed E-state index contributed by atoms with van der Waals surface area (Å²) in [6, 6.07) is 6.53. The second-order valence-corrected chi connectivity index (χ2v) is 6.23. The lowest BCUT2D eigenvalue weighted by Gasteiger charge is -2.26. The minimum Gasteiger partial charge on any atom is -0.379 e. The molecule has 1 saturated heterocycles. The summed E-state index contributed by atoms with van der Waals surface area (Å²) < 4.78 is 32.2. The molecule has 7 nitrogen and oxygen atoms in total. The molecule has 1 aromatic rings. The maximum Gasteiger partial charge on any atom is 0.242 e. The van der Waals surface area contributed by atoms with Crippen LogP contribution in [0.2, 0.25) is 0 Å². The van der Waals surface area contributed by atoms with Gasteiger partial charge in [0.05, 0.1) is 18.9 Å². The number of benzene rings is 1. The fraction of sp³-hybridized carbons (Fsp3) is 0.500. The predicted octanol–water partition coefficient (Wildman–Crippen LogP) is -0.417. The molecule has 112 valence electrons. The monoisotopic (exact) mass is 300 g/mol. The highest BCUT2D eigenvalue weighted by atomic mass is 32.2. The molecule has 0 atom stereocenters. The van der Waals surface area contributed by atoms with E-state index in [9.17, 15) is 8.42 Å². The topological polar surface area (TPSA) is 96.7 Å². The van der Waals surface area contributed by atoms with Gasteiger partial charge in [0.25, 0.3) is 0 Å². The molecule has 8 heteroatoms. The summed E-state index contributed by atoms with van der Waals surface area (Å²) in [5.41, 5.74) is 2.78. The van der Waals surface area contributed by atoms with E-state index in [-0.39, 0.29) is 4.90 Å². The van der Waals surface area contributed by atoms with Crippen molar-refractivity contribution in [3.63, 3.8) is 0 Å². The molecular formula is C12H20N4O3S. The zero-order valence-electron chi connectivity index (χ0n) is 11.2. The maximum absolute atomic E-state index is 12.2. The Balaban J connectivity index is 1.93. The van der Waals surface area contributed by atoms with Crippen LogP contribution < -0.4 is 16.0 Å². The van der Waals surface area contributed by atoms with Gasteiger partial charge >= 0.3 is 0 Å². The second-order valence-electron chi connectivity index (χ2n) is 4.49. The lowest BCUT2D eigenvalue weighted by atomic mass is 10.3. The molecule has 0 unspecified atom stereocenters. The van der Waals surface area contributed by atoms with Gasteiger partial charge in [0.1, 0.15) is 4.90 Å². The van der Waals surface area contributed by atoms with Crippen LogP contribution in [0.3, 0.4) is 0 Å². The van der Waals surface area contributed by atoms with Crippen molar-refractivity contribution in [1.82, 2.24) is 9.62 Å². The molecule has 2 rings (SSSR count). The van der Waals surface area contributed by atoms with Crippen LogP contribution in [-0.2, 0) is 14.8 Å². The number of nitrogen functional groups attached to an aromatic ring is 1. The van der Waals surface area contributed by atoms with Crippen molar-refractivity contribution in [2.75, 3.05) is 44.8 Å². The van der Waals surface area contributed by atoms with Crippen LogP contribution in [0.5, 0.6) is 0 Å². The lowest BCUT2D eigenvalue weighted by Crippen LogP contribution is -2.41. The predicted molar refractivity (Wildman–Crippen MR) is 76.7 cm³/mol. The molecule has 0 aliphatic carbocycles. The third kappa shape index (κ3) is 3.90. The van der Waals surface area contributed by atoms with Crippen molar-refractivity contribution in [2.24, 2.45) is 5.84 Å². The molecule has 0 amide bonds. The van der Waals surface area contributed by atoms with E-state index in [1.54, 1.807) is 18.2 Å². The highest BCUT2D eigenvalue weighted by molar-refractivity contribution is 7.89. The number of hydrogen-bond acceptors (Lipinski definition) is 6. The van der Waals surface area contributed by atoms with E-state index in [1.165, 1.54) is 6.07 Å². The Labute approximate surface area is 119 Å². The van der Waals surface area contributed by atoms with E-state index in [2.05, 4.69) is 15.0 Å². The number of nitrogens with zero attached hydrogens (tertiary/aromatic N) is 1. The minimum absolute atomic E-state index is 0.157. The number of para-hydroxylation sites is 1. The Kier molecular flexibility index (Phi) is 5.32. The molecule has 1 aliphatic rings. The number of hydrogen-bond donors (Lipinski definition) is 3. The third-order valence-electron chi connectivity index (χ3n) is 3.16. The summed E-state index contributed by atoms with van der Waals surface area (Å²) >= 11 is 0. The Bertz CT molecular complexity index is 529. The van der Waals surface area contributed by atoms with Crippen LogP contribution in [0.25, 0.3) is 0 Å². The summed E-state index contributed by atoms with van der Waals surface area (Å²) in [6.45, 7) is 4.10. The van der Waals surface area contributed by atoms with Gasteiger partial charge < -0.3 is 10.2 Å². The number of ether oxygens (including phenoxy) is 1. The van der Waals surface area contributed by atoms with Gasteiger partial charge in [-0.2, -0.15) is 0 Å². The van der Waals surface area contributed by atoms with Gasteiger partial charge in [0, 0.05) is 26.2 Å². The largest absolute Gasteiger partial charge is 0.379 e. The number of morpholine rings is 1. The quantitative estimate of drug-likeness (QED) is 0.488. The number of anilines is 1. The highest BCUT2D eigenvalue weighted by Gasteiger charge is 2.18. The summed E-state index contributed by atoms with van der Waals surface area (Å²) in [5, 5.41) is 0. The zero-order chi connectivity index (χ0) is 14.4. The van der Waals surface area contributed by atoms with Crippen molar-refractivity contribution >= 4 is 15.7 Å². The first kappa shape index (κ1) is 15.2. The first-order chi connectivity index (χ1) is 9.63. The smallest absolute Gasteiger partial charge is 0.242 e. The van der Waals surface area contributed by atoms with Crippen molar-refractivity contribution in [3.05, 3.63) is 24.3 Å². The Morgan fingerprint density at radius 3 is 2.65 bits per heavy atom. The SMILES string of the molecule is NNc1ccccc1S(=O)(=O)NCCN1CCOCC1. The fourth-order valence-corrected chi connectivity index (χ4v) is 3.25. The van der Waals surface area contributed by atoms with Crippen LogP contribution in [0.4, 0.5) is 5.69 Å². The molecule has 1 aliphatic heterocycles. The first-order valence-corrected chi connectivity index (χ1v) is 7.97. The minimum atomic E-state index is -3.55. The molecule has 0 radical (unpaired) electrons. The van der Waals surface area contributed by atoms with E-state index in [1.807, 2.05) is 0 Å². The summed E-state index contributed by atoms with van der Waals surface area (Å²) in [7, 11) is -3.55. The van der Waals surface area contributed by atoms with Crippen LogP contribution in [0.15, 0.2) is 29.2 Å². The normalized spacial score (nSPS) is 17.1. The van der Waals surface area contributed by atoms with Crippen molar-refractivity contribution in [2.45, 2.75) is 4.90 Å². The number of sulfonamides is 1. The molecule has 1 aromatic carbocycles. The summed E-state index contributed by atoms with van der Waals surface area (Å²) in [5.74, 6) is 5.33. The van der Waals surface area contributed by atoms with Crippen LogP contribution in [-0.4, -0.2) is 52.7 Å². The maximum atomic E-state index is 12.2. The Morgan fingerprint density at radius 2 is 1.95 bits per heavy atom. The average Bonchev–Trinajstić information content (AvgIpc) is 2.48. The van der Waals surface area contributed by atoms with Gasteiger partial charge in [-0.25, -0.2) is 13.1 Å². The van der Waals surface area contributed by atoms with Gasteiger partial charge in [0.2, 0.25) is 10.0 Å². The second kappa shape index (κ2) is 7.00. The molecule has 1 fully saturated rings. The van der Waals surface area contributed by atoms with Crippen molar-refractivity contribution in [3.8, 4) is 0 Å². The van der Waals surface area contributed by atoms with Crippen molar-refractivity contribution in [1.29, 1.82) is 0 Å². The van der Waals surface area contributed by atoms with E-state index < -0.39 is 10.0 Å². The van der Waals surface area contributed by atoms with Gasteiger partial charge in [-0.1, -0.05) is 12.1 Å². The van der Waals surface area contributed by atoms with Crippen molar-refractivity contribution < 1.29 is 13.2 Å². The van der Waals surface area contributed by atoms with E-state index >= 15 is 0 Å². The number of hydrazine groups is 1. The Hall–Kier alpha value is -1.19. The number of rotatable bonds is 6. The molecule has 20 heavy (non-hydrogen) atoms. The van der Waals surface area contributed by atoms with Crippen LogP contribution in [0.1, 0.15) is 0 Å². The number of nitrogens with two attached hydrogens (primary N) is 1. The number of nitrogens with one attached hydrogen (secondary N) is 2. The van der Waals surface area contributed by atoms with Crippen LogP contribution in [0, 0.1) is 0 Å². The third-order valence-corrected chi connectivity index (χ3v) is 4.68. The van der Waals surface area contributed by atoms with E-state index in [0.29, 0.717) is 32.0 Å². The lowest BCUT2D eigenvalue weighted by molar-refractivity contribution is 0.0390. The van der Waals surface area contributed by atoms with Gasteiger partial charge in [0.15, 0.2) is 0 Å². The Morgan fingerprint density at radius 1 is 1.25 bits per heavy atom. The van der Waals surface area contributed by atoms with Gasteiger partial charge in [-0.3, -0.25) is 10.7 Å². The average molecular weight is 300 g/mol. The van der Waals surface area contributed by atoms with E-state index in [0.717, 1.165) is 13.1 Å². The highest BCUT2D eigenvalue weighted by Crippen LogP contribution is 2.19. The molecule has 0 spiro atoms. The molecule has 0 saturated carbocycles.